The molecule has 1 atom stereocenters. The molecule has 0 amide bonds. The van der Waals surface area contributed by atoms with Gasteiger partial charge in [0.2, 0.25) is 0 Å². The highest BCUT2D eigenvalue weighted by atomic mass is 16.6. The molecule has 2 heteroatoms. The van der Waals surface area contributed by atoms with E-state index in [9.17, 15) is 4.79 Å². The molecule has 96 valence electrons. The minimum absolute atomic E-state index is 0.0458. The van der Waals surface area contributed by atoms with Crippen LogP contribution in [-0.2, 0) is 9.53 Å². The van der Waals surface area contributed by atoms with Crippen molar-refractivity contribution < 1.29 is 9.53 Å². The van der Waals surface area contributed by atoms with E-state index in [2.05, 4.69) is 27.7 Å². The zero-order valence-corrected chi connectivity index (χ0v) is 12.0. The van der Waals surface area contributed by atoms with E-state index >= 15 is 0 Å². The van der Waals surface area contributed by atoms with Crippen molar-refractivity contribution in [2.75, 3.05) is 0 Å². The molecule has 0 heterocycles. The molecule has 0 bridgehead atoms. The van der Waals surface area contributed by atoms with Crippen LogP contribution in [0.1, 0.15) is 67.7 Å². The van der Waals surface area contributed by atoms with Crippen LogP contribution in [0.2, 0.25) is 0 Å². The average Bonchev–Trinajstić information content (AvgIpc) is 2.17. The van der Waals surface area contributed by atoms with E-state index in [-0.39, 0.29) is 17.0 Å². The van der Waals surface area contributed by atoms with Gasteiger partial charge >= 0.3 is 5.97 Å². The third-order valence-corrected chi connectivity index (χ3v) is 3.82. The predicted octanol–water partition coefficient (Wildman–Crippen LogP) is 4.18. The molecule has 0 aliphatic rings. The molecule has 0 aromatic heterocycles. The monoisotopic (exact) mass is 228 g/mol. The largest absolute Gasteiger partial charge is 0.459 e. The van der Waals surface area contributed by atoms with E-state index in [1.807, 2.05) is 20.8 Å². The predicted molar refractivity (Wildman–Crippen MR) is 68.3 cm³/mol. The normalized spacial score (nSPS) is 16.0. The van der Waals surface area contributed by atoms with Crippen molar-refractivity contribution >= 4 is 5.97 Å². The van der Waals surface area contributed by atoms with Crippen LogP contribution in [0.5, 0.6) is 0 Å². The average molecular weight is 228 g/mol. The van der Waals surface area contributed by atoms with Gasteiger partial charge in [0.1, 0.15) is 5.60 Å². The molecule has 0 radical (unpaired) electrons. The second kappa shape index (κ2) is 5.70. The Kier molecular flexibility index (Phi) is 5.51. The summed E-state index contributed by atoms with van der Waals surface area (Å²) in [6.45, 7) is 14.3. The van der Waals surface area contributed by atoms with Crippen LogP contribution in [0.25, 0.3) is 0 Å². The van der Waals surface area contributed by atoms with Crippen molar-refractivity contribution in [3.05, 3.63) is 0 Å². The van der Waals surface area contributed by atoms with Gasteiger partial charge in [-0.2, -0.15) is 0 Å². The summed E-state index contributed by atoms with van der Waals surface area (Å²) in [5, 5.41) is 0. The molecule has 0 fully saturated rings. The van der Waals surface area contributed by atoms with Crippen LogP contribution in [0.4, 0.5) is 0 Å². The van der Waals surface area contributed by atoms with Crippen molar-refractivity contribution in [1.29, 1.82) is 0 Å². The van der Waals surface area contributed by atoms with E-state index in [1.165, 1.54) is 0 Å². The van der Waals surface area contributed by atoms with E-state index in [0.717, 1.165) is 19.3 Å². The molecule has 0 N–H and O–H groups in total. The first kappa shape index (κ1) is 15.5. The summed E-state index contributed by atoms with van der Waals surface area (Å²) in [7, 11) is 0. The lowest BCUT2D eigenvalue weighted by molar-refractivity contribution is -0.173. The van der Waals surface area contributed by atoms with E-state index in [4.69, 9.17) is 4.74 Å². The fraction of sp³-hybridized carbons (Fsp3) is 0.929. The molecule has 0 aromatic carbocycles. The third kappa shape index (κ3) is 3.80. The second-order valence-corrected chi connectivity index (χ2v) is 5.81. The van der Waals surface area contributed by atoms with Crippen LogP contribution in [0.15, 0.2) is 0 Å². The third-order valence-electron chi connectivity index (χ3n) is 3.82. The topological polar surface area (TPSA) is 26.3 Å². The Labute approximate surface area is 101 Å². The number of carbonyl (C=O) groups is 1. The molecule has 0 rings (SSSR count). The fourth-order valence-electron chi connectivity index (χ4n) is 1.45. The van der Waals surface area contributed by atoms with Gasteiger partial charge in [0.05, 0.1) is 5.41 Å². The van der Waals surface area contributed by atoms with Gasteiger partial charge in [-0.1, -0.05) is 34.1 Å². The molecule has 0 aromatic rings. The first-order chi connectivity index (χ1) is 7.19. The van der Waals surface area contributed by atoms with Gasteiger partial charge in [0, 0.05) is 0 Å². The highest BCUT2D eigenvalue weighted by molar-refractivity contribution is 5.76. The summed E-state index contributed by atoms with van der Waals surface area (Å²) in [6, 6.07) is 0. The maximum Gasteiger partial charge on any atom is 0.312 e. The van der Waals surface area contributed by atoms with Crippen LogP contribution >= 0.6 is 0 Å². The lowest BCUT2D eigenvalue weighted by Crippen LogP contribution is -2.40. The number of ether oxygens (including phenoxy) is 1. The lowest BCUT2D eigenvalue weighted by Gasteiger charge is -2.34. The van der Waals surface area contributed by atoms with Crippen molar-refractivity contribution in [2.45, 2.75) is 73.3 Å². The van der Waals surface area contributed by atoms with Crippen molar-refractivity contribution in [1.82, 2.24) is 0 Å². The Morgan fingerprint density at radius 1 is 1.19 bits per heavy atom. The van der Waals surface area contributed by atoms with Gasteiger partial charge < -0.3 is 4.74 Å². The van der Waals surface area contributed by atoms with Gasteiger partial charge in [-0.3, -0.25) is 4.79 Å². The van der Waals surface area contributed by atoms with Gasteiger partial charge in [-0.25, -0.2) is 0 Å². The SMILES string of the molecule is CCCC(C)(CC)C(=O)OC(C)(C)C(C)C. The number of hydrogen-bond acceptors (Lipinski definition) is 2. The summed E-state index contributed by atoms with van der Waals surface area (Å²) >= 11 is 0. The zero-order chi connectivity index (χ0) is 13.0. The highest BCUT2D eigenvalue weighted by Gasteiger charge is 2.37. The van der Waals surface area contributed by atoms with Crippen LogP contribution in [0.3, 0.4) is 0 Å². The molecular weight excluding hydrogens is 200 g/mol. The Bertz CT molecular complexity index is 231. The number of hydrogen-bond donors (Lipinski definition) is 0. The number of carbonyl (C=O) groups excluding carboxylic acids is 1. The zero-order valence-electron chi connectivity index (χ0n) is 12.0. The molecule has 2 nitrogen and oxygen atoms in total. The lowest BCUT2D eigenvalue weighted by atomic mass is 9.82. The smallest absolute Gasteiger partial charge is 0.312 e. The Balaban J connectivity index is 4.67. The summed E-state index contributed by atoms with van der Waals surface area (Å²) in [4.78, 5) is 12.2. The minimum Gasteiger partial charge on any atom is -0.459 e. The Morgan fingerprint density at radius 3 is 2.00 bits per heavy atom. The van der Waals surface area contributed by atoms with Crippen LogP contribution < -0.4 is 0 Å². The quantitative estimate of drug-likeness (QED) is 0.637. The summed E-state index contributed by atoms with van der Waals surface area (Å²) in [5.41, 5.74) is -0.692. The van der Waals surface area contributed by atoms with Crippen molar-refractivity contribution in [3.8, 4) is 0 Å². The molecule has 1 unspecified atom stereocenters. The van der Waals surface area contributed by atoms with Crippen molar-refractivity contribution in [2.24, 2.45) is 11.3 Å². The Hall–Kier alpha value is -0.530. The summed E-state index contributed by atoms with van der Waals surface area (Å²) in [5.74, 6) is 0.287. The maximum atomic E-state index is 12.2. The first-order valence-electron chi connectivity index (χ1n) is 6.43. The van der Waals surface area contributed by atoms with E-state index < -0.39 is 0 Å². The maximum absolute atomic E-state index is 12.2. The highest BCUT2D eigenvalue weighted by Crippen LogP contribution is 2.32. The van der Waals surface area contributed by atoms with Crippen LogP contribution in [0, 0.1) is 11.3 Å². The molecular formula is C14H28O2. The molecule has 16 heavy (non-hydrogen) atoms. The molecule has 0 saturated carbocycles. The summed E-state index contributed by atoms with van der Waals surface area (Å²) in [6.07, 6.45) is 2.76. The van der Waals surface area contributed by atoms with E-state index in [0.29, 0.717) is 5.92 Å². The molecule has 0 aliphatic heterocycles. The summed E-state index contributed by atoms with van der Waals surface area (Å²) < 4.78 is 5.67. The first-order valence-corrected chi connectivity index (χ1v) is 6.43. The Morgan fingerprint density at radius 2 is 1.69 bits per heavy atom. The molecule has 0 saturated heterocycles. The fourth-order valence-corrected chi connectivity index (χ4v) is 1.45. The van der Waals surface area contributed by atoms with Gasteiger partial charge in [-0.05, 0) is 39.5 Å². The molecule has 0 aliphatic carbocycles. The van der Waals surface area contributed by atoms with Crippen molar-refractivity contribution in [3.63, 3.8) is 0 Å². The van der Waals surface area contributed by atoms with Crippen LogP contribution in [-0.4, -0.2) is 11.6 Å². The van der Waals surface area contributed by atoms with Gasteiger partial charge in [-0.15, -0.1) is 0 Å². The number of esters is 1. The van der Waals surface area contributed by atoms with E-state index in [1.54, 1.807) is 0 Å². The molecule has 0 spiro atoms. The van der Waals surface area contributed by atoms with Gasteiger partial charge in [0.15, 0.2) is 0 Å². The minimum atomic E-state index is -0.374. The second-order valence-electron chi connectivity index (χ2n) is 5.81. The van der Waals surface area contributed by atoms with Gasteiger partial charge in [0.25, 0.3) is 0 Å². The number of rotatable bonds is 6. The standard InChI is InChI=1S/C14H28O2/c1-8-10-14(7,9-2)12(15)16-13(5,6)11(3)4/h11H,8-10H2,1-7H3.